The maximum absolute atomic E-state index is 12.4. The Labute approximate surface area is 269 Å². The summed E-state index contributed by atoms with van der Waals surface area (Å²) in [6, 6.07) is 0. The Morgan fingerprint density at radius 2 is 1.54 bits per heavy atom. The van der Waals surface area contributed by atoms with Gasteiger partial charge in [0, 0.05) is 17.6 Å². The predicted octanol–water partition coefficient (Wildman–Crippen LogP) is 4.54. The number of carboxylic acid groups (broad SMARTS) is 2. The molecule has 4 saturated carbocycles. The van der Waals surface area contributed by atoms with Gasteiger partial charge < -0.3 is 16.4 Å². The van der Waals surface area contributed by atoms with E-state index in [0.717, 1.165) is 69.9 Å². The SMILES string of the molecule is CC1(C)[C@@H](OC(=O)/C=C\C(=O)O)CC[C@]2(C)[C@H]3CC=C4[C@@H]5C[C@@](C)(C(=O)O)CC[C@]5(C)CC[C@@]4(C)[C@]3(C)CC[C@@H]12.[H-].[Na+]. The number of allylic oxidation sites excluding steroid dienone is 2. The molecule has 0 radical (unpaired) electrons. The molecule has 5 rings (SSSR count). The molecule has 2 N–H and O–H groups in total. The first-order valence-electron chi connectivity index (χ1n) is 15.5. The second-order valence-corrected chi connectivity index (χ2v) is 16.0. The van der Waals surface area contributed by atoms with E-state index in [1.807, 2.05) is 6.92 Å². The number of ether oxygens (including phenoxy) is 1. The molecule has 4 fully saturated rings. The van der Waals surface area contributed by atoms with Crippen LogP contribution in [0.15, 0.2) is 23.8 Å². The monoisotopic (exact) mass is 578 g/mol. The molecule has 9 atom stereocenters. The summed E-state index contributed by atoms with van der Waals surface area (Å²) >= 11 is 0. The number of carboxylic acids is 2. The fourth-order valence-electron chi connectivity index (χ4n) is 11.1. The number of rotatable bonds is 4. The van der Waals surface area contributed by atoms with Crippen molar-refractivity contribution < 1.29 is 60.3 Å². The van der Waals surface area contributed by atoms with Gasteiger partial charge in [0.15, 0.2) is 0 Å². The van der Waals surface area contributed by atoms with Gasteiger partial charge in [0.25, 0.3) is 0 Å². The Kier molecular flexibility index (Phi) is 8.41. The first kappa shape index (κ1) is 32.8. The fraction of sp³-hybridized carbons (Fsp3) is 0.794. The second kappa shape index (κ2) is 10.5. The average molecular weight is 579 g/mol. The molecular formula is C34H51NaO6. The van der Waals surface area contributed by atoms with Crippen molar-refractivity contribution in [3.05, 3.63) is 23.8 Å². The number of hydrogen-bond acceptors (Lipinski definition) is 4. The van der Waals surface area contributed by atoms with Crippen LogP contribution in [0.5, 0.6) is 0 Å². The van der Waals surface area contributed by atoms with Crippen LogP contribution < -0.4 is 29.6 Å². The second-order valence-electron chi connectivity index (χ2n) is 16.0. The van der Waals surface area contributed by atoms with Crippen molar-refractivity contribution in [2.45, 2.75) is 119 Å². The molecule has 0 aromatic carbocycles. The minimum atomic E-state index is -1.15. The molecule has 0 bridgehead atoms. The van der Waals surface area contributed by atoms with Crippen molar-refractivity contribution in [1.29, 1.82) is 0 Å². The third-order valence-corrected chi connectivity index (χ3v) is 13.9. The van der Waals surface area contributed by atoms with Crippen molar-refractivity contribution in [3.63, 3.8) is 0 Å². The Morgan fingerprint density at radius 1 is 0.878 bits per heavy atom. The summed E-state index contributed by atoms with van der Waals surface area (Å²) in [6.07, 6.45) is 14.0. The van der Waals surface area contributed by atoms with Gasteiger partial charge in [-0.25, -0.2) is 9.59 Å². The standard InChI is InChI=1S/C34H50O6.Na.H/c1-29(2)23-12-15-34(7)24(32(23,5)14-13-25(29)40-27(37)11-10-26(35)36)9-8-21-22-20-31(4,28(38)39)17-16-30(22,3)18-19-33(21,34)6;;/h8,10-11,22-25H,9,12-20H2,1-7H3,(H,35,36)(H,38,39);;/q;+1;-1/b11-10-;;/t22-,23-,24+,25-,30+,31-,32-,33+,34+;;/m0../s1. The summed E-state index contributed by atoms with van der Waals surface area (Å²) in [7, 11) is 0. The van der Waals surface area contributed by atoms with Gasteiger partial charge in [-0.05, 0) is 111 Å². The Balaban J connectivity index is 0.00000242. The molecule has 7 heteroatoms. The van der Waals surface area contributed by atoms with Gasteiger partial charge in [0.2, 0.25) is 0 Å². The average Bonchev–Trinajstić information content (AvgIpc) is 2.86. The number of esters is 1. The number of fused-ring (bicyclic) bond motifs is 7. The minimum Gasteiger partial charge on any atom is -1.00 e. The van der Waals surface area contributed by atoms with Crippen LogP contribution in [0.3, 0.4) is 0 Å². The van der Waals surface area contributed by atoms with Gasteiger partial charge >= 0.3 is 47.5 Å². The summed E-state index contributed by atoms with van der Waals surface area (Å²) in [4.78, 5) is 35.6. The van der Waals surface area contributed by atoms with Crippen molar-refractivity contribution in [2.24, 2.45) is 50.2 Å². The normalized spacial score (nSPS) is 46.5. The predicted molar refractivity (Wildman–Crippen MR) is 154 cm³/mol. The van der Waals surface area contributed by atoms with Crippen LogP contribution in [0.4, 0.5) is 0 Å². The summed E-state index contributed by atoms with van der Waals surface area (Å²) in [5.74, 6) is -1.14. The van der Waals surface area contributed by atoms with Gasteiger partial charge in [-0.3, -0.25) is 4.79 Å². The van der Waals surface area contributed by atoms with E-state index in [0.29, 0.717) is 17.8 Å². The minimum absolute atomic E-state index is 0. The molecule has 6 nitrogen and oxygen atoms in total. The molecule has 0 unspecified atom stereocenters. The Hall–Kier alpha value is -1.11. The van der Waals surface area contributed by atoms with Gasteiger partial charge in [-0.15, -0.1) is 0 Å². The zero-order valence-corrected chi connectivity index (χ0v) is 28.6. The number of aliphatic carboxylic acids is 2. The van der Waals surface area contributed by atoms with E-state index >= 15 is 0 Å². The molecule has 0 aromatic rings. The molecule has 5 aliphatic rings. The van der Waals surface area contributed by atoms with E-state index in [-0.39, 0.29) is 64.2 Å². The van der Waals surface area contributed by atoms with E-state index in [2.05, 4.69) is 47.6 Å². The largest absolute Gasteiger partial charge is 1.00 e. The van der Waals surface area contributed by atoms with Crippen LogP contribution >= 0.6 is 0 Å². The molecule has 5 aliphatic carbocycles. The number of hydrogen-bond donors (Lipinski definition) is 2. The molecule has 0 heterocycles. The summed E-state index contributed by atoms with van der Waals surface area (Å²) in [5, 5.41) is 19.0. The van der Waals surface area contributed by atoms with Gasteiger partial charge in [-0.2, -0.15) is 0 Å². The zero-order valence-electron chi connectivity index (χ0n) is 27.6. The van der Waals surface area contributed by atoms with Gasteiger partial charge in [-0.1, -0.05) is 53.2 Å². The van der Waals surface area contributed by atoms with Crippen LogP contribution in [-0.2, 0) is 19.1 Å². The Bertz CT molecular complexity index is 1180. The zero-order chi connectivity index (χ0) is 29.5. The maximum atomic E-state index is 12.4. The quantitative estimate of drug-likeness (QED) is 0.220. The third kappa shape index (κ3) is 4.81. The van der Waals surface area contributed by atoms with Crippen LogP contribution in [0.25, 0.3) is 0 Å². The summed E-state index contributed by atoms with van der Waals surface area (Å²) in [5.41, 5.74) is 1.16. The molecule has 0 amide bonds. The van der Waals surface area contributed by atoms with E-state index in [9.17, 15) is 19.5 Å². The first-order chi connectivity index (χ1) is 18.4. The Morgan fingerprint density at radius 3 is 2.17 bits per heavy atom. The topological polar surface area (TPSA) is 101 Å². The molecule has 41 heavy (non-hydrogen) atoms. The summed E-state index contributed by atoms with van der Waals surface area (Å²) < 4.78 is 5.88. The molecular weight excluding hydrogens is 527 g/mol. The summed E-state index contributed by atoms with van der Waals surface area (Å²) in [6.45, 7) is 16.4. The van der Waals surface area contributed by atoms with Crippen LogP contribution in [0.1, 0.15) is 114 Å². The fourth-order valence-corrected chi connectivity index (χ4v) is 11.1. The van der Waals surface area contributed by atoms with Crippen molar-refractivity contribution in [3.8, 4) is 0 Å². The van der Waals surface area contributed by atoms with Crippen LogP contribution in [-0.4, -0.2) is 34.2 Å². The number of carbonyl (C=O) groups is 3. The van der Waals surface area contributed by atoms with E-state index < -0.39 is 23.3 Å². The third-order valence-electron chi connectivity index (χ3n) is 13.9. The van der Waals surface area contributed by atoms with E-state index in [1.165, 1.54) is 6.42 Å². The maximum Gasteiger partial charge on any atom is 1.00 e. The molecule has 0 aromatic heterocycles. The van der Waals surface area contributed by atoms with Crippen LogP contribution in [0.2, 0.25) is 0 Å². The molecule has 0 spiro atoms. The molecule has 0 aliphatic heterocycles. The molecule has 224 valence electrons. The van der Waals surface area contributed by atoms with Crippen molar-refractivity contribution in [2.75, 3.05) is 0 Å². The van der Waals surface area contributed by atoms with Crippen molar-refractivity contribution in [1.82, 2.24) is 0 Å². The van der Waals surface area contributed by atoms with Crippen LogP contribution in [0, 0.1) is 50.2 Å². The van der Waals surface area contributed by atoms with E-state index in [4.69, 9.17) is 9.84 Å². The van der Waals surface area contributed by atoms with Gasteiger partial charge in [0.05, 0.1) is 5.41 Å². The van der Waals surface area contributed by atoms with Gasteiger partial charge in [0.1, 0.15) is 6.10 Å². The molecule has 0 saturated heterocycles. The smallest absolute Gasteiger partial charge is 1.00 e. The van der Waals surface area contributed by atoms with E-state index in [1.54, 1.807) is 5.57 Å². The first-order valence-corrected chi connectivity index (χ1v) is 15.5. The number of carbonyl (C=O) groups excluding carboxylic acids is 1. The van der Waals surface area contributed by atoms with Crippen molar-refractivity contribution >= 4 is 17.9 Å².